The fourth-order valence-corrected chi connectivity index (χ4v) is 2.86. The number of nitrogens with zero attached hydrogens (tertiary/aromatic N) is 2. The first kappa shape index (κ1) is 21.6. The summed E-state index contributed by atoms with van der Waals surface area (Å²) in [4.78, 5) is 8.93. The third-order valence-corrected chi connectivity index (χ3v) is 4.16. The van der Waals surface area contributed by atoms with Gasteiger partial charge in [0.15, 0.2) is 0 Å². The van der Waals surface area contributed by atoms with E-state index in [4.69, 9.17) is 0 Å². The molecular formula is C23H33N3. The molecule has 0 amide bonds. The lowest BCUT2D eigenvalue weighted by Crippen LogP contribution is -2.01. The molecule has 3 nitrogen and oxygen atoms in total. The van der Waals surface area contributed by atoms with Gasteiger partial charge in [-0.2, -0.15) is 0 Å². The smallest absolute Gasteiger partial charge is 0.141 e. The summed E-state index contributed by atoms with van der Waals surface area (Å²) in [7, 11) is 0. The second kappa shape index (κ2) is 11.2. The largest absolute Gasteiger partial charge is 0.340 e. The van der Waals surface area contributed by atoms with Gasteiger partial charge in [0.05, 0.1) is 5.52 Å². The van der Waals surface area contributed by atoms with Crippen LogP contribution in [0.4, 0.5) is 11.5 Å². The summed E-state index contributed by atoms with van der Waals surface area (Å²) in [5.41, 5.74) is 6.05. The van der Waals surface area contributed by atoms with Gasteiger partial charge in [-0.25, -0.2) is 9.97 Å². The van der Waals surface area contributed by atoms with Crippen LogP contribution in [0.15, 0.2) is 42.7 Å². The maximum absolute atomic E-state index is 4.48. The van der Waals surface area contributed by atoms with E-state index in [1.54, 1.807) is 6.33 Å². The molecule has 0 aliphatic rings. The Morgan fingerprint density at radius 1 is 0.885 bits per heavy atom. The van der Waals surface area contributed by atoms with Crippen LogP contribution in [0.2, 0.25) is 0 Å². The predicted octanol–water partition coefficient (Wildman–Crippen LogP) is 7.00. The van der Waals surface area contributed by atoms with Crippen molar-refractivity contribution in [2.75, 3.05) is 5.32 Å². The zero-order valence-electron chi connectivity index (χ0n) is 17.4. The van der Waals surface area contributed by atoms with Crippen molar-refractivity contribution < 1.29 is 0 Å². The molecule has 0 unspecified atom stereocenters. The Kier molecular flexibility index (Phi) is 9.35. The van der Waals surface area contributed by atoms with E-state index in [1.807, 2.05) is 58.0 Å². The van der Waals surface area contributed by atoms with E-state index in [0.29, 0.717) is 0 Å². The number of hydrogen-bond donors (Lipinski definition) is 1. The molecule has 3 heteroatoms. The SMILES string of the molecule is CC.CC.CCCc1cc2ncnc(Nc3ccccc3)c2c(C)c1C. The molecule has 0 radical (unpaired) electrons. The van der Waals surface area contributed by atoms with Gasteiger partial charge >= 0.3 is 0 Å². The van der Waals surface area contributed by atoms with Crippen molar-refractivity contribution in [1.29, 1.82) is 0 Å². The standard InChI is InChI=1S/C19H21N3.2C2H6/c1-4-8-15-11-17-18(14(3)13(15)2)19(21-12-20-17)22-16-9-6-5-7-10-16;2*1-2/h5-7,9-12H,4,8H2,1-3H3,(H,20,21,22);2*1-2H3. The zero-order valence-corrected chi connectivity index (χ0v) is 17.4. The average molecular weight is 352 g/mol. The lowest BCUT2D eigenvalue weighted by Gasteiger charge is -2.15. The molecule has 3 aromatic rings. The number of aryl methyl sites for hydroxylation is 2. The molecule has 0 atom stereocenters. The fourth-order valence-electron chi connectivity index (χ4n) is 2.86. The van der Waals surface area contributed by atoms with Gasteiger partial charge in [0, 0.05) is 11.1 Å². The van der Waals surface area contributed by atoms with Gasteiger partial charge in [-0.05, 0) is 55.2 Å². The van der Waals surface area contributed by atoms with E-state index in [9.17, 15) is 0 Å². The molecule has 1 N–H and O–H groups in total. The van der Waals surface area contributed by atoms with E-state index in [0.717, 1.165) is 35.2 Å². The number of fused-ring (bicyclic) bond motifs is 1. The molecule has 0 spiro atoms. The third kappa shape index (κ3) is 5.04. The summed E-state index contributed by atoms with van der Waals surface area (Å²) >= 11 is 0. The molecule has 0 saturated heterocycles. The maximum Gasteiger partial charge on any atom is 0.141 e. The minimum atomic E-state index is 0.875. The van der Waals surface area contributed by atoms with Gasteiger partial charge in [-0.1, -0.05) is 59.2 Å². The first-order valence-corrected chi connectivity index (χ1v) is 9.76. The summed E-state index contributed by atoms with van der Waals surface area (Å²) < 4.78 is 0. The molecule has 0 aliphatic heterocycles. The Morgan fingerprint density at radius 3 is 2.15 bits per heavy atom. The highest BCUT2D eigenvalue weighted by Gasteiger charge is 2.12. The van der Waals surface area contributed by atoms with Crippen molar-refractivity contribution in [1.82, 2.24) is 9.97 Å². The number of nitrogens with one attached hydrogen (secondary N) is 1. The van der Waals surface area contributed by atoms with E-state index in [-0.39, 0.29) is 0 Å². The Bertz CT molecular complexity index is 795. The lowest BCUT2D eigenvalue weighted by molar-refractivity contribution is 0.911. The van der Waals surface area contributed by atoms with Crippen molar-refractivity contribution in [3.63, 3.8) is 0 Å². The second-order valence-corrected chi connectivity index (χ2v) is 5.64. The molecular weight excluding hydrogens is 318 g/mol. The van der Waals surface area contributed by atoms with E-state index in [1.165, 1.54) is 16.7 Å². The van der Waals surface area contributed by atoms with Crippen LogP contribution in [0, 0.1) is 13.8 Å². The second-order valence-electron chi connectivity index (χ2n) is 5.64. The number of hydrogen-bond acceptors (Lipinski definition) is 3. The van der Waals surface area contributed by atoms with Gasteiger partial charge in [0.1, 0.15) is 12.1 Å². The van der Waals surface area contributed by atoms with Crippen LogP contribution in [-0.4, -0.2) is 9.97 Å². The Labute approximate surface area is 158 Å². The molecule has 1 aromatic heterocycles. The van der Waals surface area contributed by atoms with Crippen molar-refractivity contribution in [2.45, 2.75) is 61.3 Å². The monoisotopic (exact) mass is 351 g/mol. The quantitative estimate of drug-likeness (QED) is 0.550. The average Bonchev–Trinajstić information content (AvgIpc) is 2.70. The van der Waals surface area contributed by atoms with Crippen molar-refractivity contribution in [3.05, 3.63) is 59.4 Å². The van der Waals surface area contributed by atoms with Gasteiger partial charge in [-0.15, -0.1) is 0 Å². The normalized spacial score (nSPS) is 9.65. The molecule has 0 bridgehead atoms. The summed E-state index contributed by atoms with van der Waals surface area (Å²) in [5, 5.41) is 4.53. The minimum Gasteiger partial charge on any atom is -0.340 e. The van der Waals surface area contributed by atoms with Gasteiger partial charge in [0.2, 0.25) is 0 Å². The summed E-state index contributed by atoms with van der Waals surface area (Å²) in [6.45, 7) is 14.6. The van der Waals surface area contributed by atoms with Crippen LogP contribution >= 0.6 is 0 Å². The minimum absolute atomic E-state index is 0.875. The molecule has 2 aromatic carbocycles. The number of anilines is 2. The molecule has 0 saturated carbocycles. The van der Waals surface area contributed by atoms with Crippen LogP contribution < -0.4 is 5.32 Å². The lowest BCUT2D eigenvalue weighted by atomic mass is 9.96. The molecule has 0 fully saturated rings. The number of aromatic nitrogens is 2. The van der Waals surface area contributed by atoms with Gasteiger partial charge in [0.25, 0.3) is 0 Å². The van der Waals surface area contributed by atoms with E-state index < -0.39 is 0 Å². The predicted molar refractivity (Wildman–Crippen MR) is 115 cm³/mol. The summed E-state index contributed by atoms with van der Waals surface area (Å²) in [5.74, 6) is 0.875. The van der Waals surface area contributed by atoms with Crippen LogP contribution in [0.25, 0.3) is 10.9 Å². The molecule has 26 heavy (non-hydrogen) atoms. The van der Waals surface area contributed by atoms with Crippen LogP contribution in [0.5, 0.6) is 0 Å². The summed E-state index contributed by atoms with van der Waals surface area (Å²) in [6.07, 6.45) is 3.87. The van der Waals surface area contributed by atoms with Crippen LogP contribution in [0.3, 0.4) is 0 Å². The first-order chi connectivity index (χ1) is 12.7. The fraction of sp³-hybridized carbons (Fsp3) is 0.391. The molecule has 140 valence electrons. The number of rotatable bonds is 4. The summed E-state index contributed by atoms with van der Waals surface area (Å²) in [6, 6.07) is 12.3. The van der Waals surface area contributed by atoms with Crippen molar-refractivity contribution in [3.8, 4) is 0 Å². The Hall–Kier alpha value is -2.42. The van der Waals surface area contributed by atoms with Gasteiger partial charge in [-0.3, -0.25) is 0 Å². The third-order valence-electron chi connectivity index (χ3n) is 4.16. The zero-order chi connectivity index (χ0) is 19.5. The highest BCUT2D eigenvalue weighted by atomic mass is 15.0. The van der Waals surface area contributed by atoms with Crippen LogP contribution in [0.1, 0.15) is 57.7 Å². The molecule has 3 rings (SSSR count). The molecule has 1 heterocycles. The van der Waals surface area contributed by atoms with Crippen molar-refractivity contribution >= 4 is 22.4 Å². The molecule has 0 aliphatic carbocycles. The first-order valence-electron chi connectivity index (χ1n) is 9.76. The van der Waals surface area contributed by atoms with Crippen molar-refractivity contribution in [2.24, 2.45) is 0 Å². The van der Waals surface area contributed by atoms with Gasteiger partial charge < -0.3 is 5.32 Å². The van der Waals surface area contributed by atoms with E-state index in [2.05, 4.69) is 42.1 Å². The van der Waals surface area contributed by atoms with E-state index >= 15 is 0 Å². The highest BCUT2D eigenvalue weighted by Crippen LogP contribution is 2.30. The van der Waals surface area contributed by atoms with Crippen LogP contribution in [-0.2, 0) is 6.42 Å². The topological polar surface area (TPSA) is 37.8 Å². The highest BCUT2D eigenvalue weighted by molar-refractivity contribution is 5.94. The Balaban J connectivity index is 0.000000791. The Morgan fingerprint density at radius 2 is 1.54 bits per heavy atom. The number of benzene rings is 2. The maximum atomic E-state index is 4.48. The number of para-hydroxylation sites is 1.